The van der Waals surface area contributed by atoms with Gasteiger partial charge in [-0.05, 0) is 61.7 Å². The Balaban J connectivity index is 1.39. The number of halogens is 1. The summed E-state index contributed by atoms with van der Waals surface area (Å²) >= 11 is 0. The van der Waals surface area contributed by atoms with Crippen LogP contribution in [0.2, 0.25) is 0 Å². The second kappa shape index (κ2) is 14.3. The van der Waals surface area contributed by atoms with E-state index < -0.39 is 39.4 Å². The van der Waals surface area contributed by atoms with E-state index in [2.05, 4.69) is 14.5 Å². The van der Waals surface area contributed by atoms with Crippen LogP contribution in [0, 0.1) is 18.7 Å². The van der Waals surface area contributed by atoms with Crippen molar-refractivity contribution in [1.82, 2.24) is 14.3 Å². The van der Waals surface area contributed by atoms with Gasteiger partial charge in [-0.1, -0.05) is 25.1 Å². The molecular formula is C34H34FN5O8S. The van der Waals surface area contributed by atoms with Crippen molar-refractivity contribution in [3.05, 3.63) is 106 Å². The SMILES string of the molecule is COc1ccc2c(Oc3ccc(NC(=O)c4c(C)n(CC(C)CC(N)C(=O)OS(C)(=O)=O)n(-c5ccccc5)c4=O)cc3F)ccnc2c1. The number of nitrogens with one attached hydrogen (secondary N) is 1. The number of ether oxygens (including phenoxy) is 2. The number of hydrogen-bond acceptors (Lipinski definition) is 10. The van der Waals surface area contributed by atoms with Gasteiger partial charge in [0.2, 0.25) is 0 Å². The average Bonchev–Trinajstić information content (AvgIpc) is 3.29. The Hall–Kier alpha value is -5.54. The monoisotopic (exact) mass is 691 g/mol. The van der Waals surface area contributed by atoms with Crippen molar-refractivity contribution < 1.29 is 36.1 Å². The van der Waals surface area contributed by atoms with Crippen LogP contribution in [0.4, 0.5) is 10.1 Å². The molecule has 0 saturated heterocycles. The summed E-state index contributed by atoms with van der Waals surface area (Å²) in [7, 11) is -2.50. The number of amides is 1. The van der Waals surface area contributed by atoms with Crippen LogP contribution in [0.3, 0.4) is 0 Å². The zero-order valence-electron chi connectivity index (χ0n) is 27.0. The number of methoxy groups -OCH3 is 1. The summed E-state index contributed by atoms with van der Waals surface area (Å²) in [5.41, 5.74) is 6.54. The lowest BCUT2D eigenvalue weighted by Crippen LogP contribution is -2.36. The fourth-order valence-corrected chi connectivity index (χ4v) is 5.78. The lowest BCUT2D eigenvalue weighted by molar-refractivity contribution is -0.135. The first-order valence-electron chi connectivity index (χ1n) is 15.0. The zero-order chi connectivity index (χ0) is 35.5. The molecule has 5 aromatic rings. The molecule has 49 heavy (non-hydrogen) atoms. The number of nitrogens with zero attached hydrogens (tertiary/aromatic N) is 3. The molecule has 5 rings (SSSR count). The lowest BCUT2D eigenvalue weighted by Gasteiger charge is -2.20. The first kappa shape index (κ1) is 34.8. The highest BCUT2D eigenvalue weighted by atomic mass is 32.2. The largest absolute Gasteiger partial charge is 0.497 e. The molecule has 1 amide bonds. The molecule has 13 nitrogen and oxygen atoms in total. The van der Waals surface area contributed by atoms with Gasteiger partial charge in [-0.15, -0.1) is 0 Å². The van der Waals surface area contributed by atoms with E-state index in [0.29, 0.717) is 33.8 Å². The van der Waals surface area contributed by atoms with Crippen LogP contribution in [0.1, 0.15) is 29.4 Å². The molecule has 0 fully saturated rings. The normalized spacial score (nSPS) is 12.7. The Morgan fingerprint density at radius 2 is 1.78 bits per heavy atom. The molecule has 0 spiro atoms. The van der Waals surface area contributed by atoms with Crippen LogP contribution in [0.5, 0.6) is 17.2 Å². The maximum Gasteiger partial charge on any atom is 0.338 e. The molecule has 0 aliphatic rings. The van der Waals surface area contributed by atoms with E-state index in [-0.39, 0.29) is 35.9 Å². The van der Waals surface area contributed by atoms with Crippen molar-refractivity contribution in [1.29, 1.82) is 0 Å². The molecule has 0 saturated carbocycles. The van der Waals surface area contributed by atoms with Gasteiger partial charge < -0.3 is 24.7 Å². The predicted octanol–water partition coefficient (Wildman–Crippen LogP) is 4.54. The third-order valence-electron chi connectivity index (χ3n) is 7.62. The number of carbonyl (C=O) groups is 2. The summed E-state index contributed by atoms with van der Waals surface area (Å²) in [5, 5.41) is 3.24. The lowest BCUT2D eigenvalue weighted by atomic mass is 10.0. The van der Waals surface area contributed by atoms with Crippen LogP contribution >= 0.6 is 0 Å². The predicted molar refractivity (Wildman–Crippen MR) is 180 cm³/mol. The number of hydrogen-bond donors (Lipinski definition) is 2. The second-order valence-corrected chi connectivity index (χ2v) is 13.0. The molecule has 2 aromatic heterocycles. The number of aromatic nitrogens is 3. The van der Waals surface area contributed by atoms with E-state index in [9.17, 15) is 22.8 Å². The molecular weight excluding hydrogens is 657 g/mol. The van der Waals surface area contributed by atoms with Gasteiger partial charge in [0.15, 0.2) is 11.6 Å². The van der Waals surface area contributed by atoms with Crippen LogP contribution in [0.15, 0.2) is 83.8 Å². The van der Waals surface area contributed by atoms with Crippen molar-refractivity contribution in [2.24, 2.45) is 11.7 Å². The Bertz CT molecular complexity index is 2200. The van der Waals surface area contributed by atoms with E-state index in [4.69, 9.17) is 15.2 Å². The fourth-order valence-electron chi connectivity index (χ4n) is 5.36. The van der Waals surface area contributed by atoms with Crippen molar-refractivity contribution in [2.75, 3.05) is 18.7 Å². The second-order valence-electron chi connectivity index (χ2n) is 11.4. The van der Waals surface area contributed by atoms with E-state index in [1.165, 1.54) is 23.0 Å². The van der Waals surface area contributed by atoms with Gasteiger partial charge in [0.1, 0.15) is 23.1 Å². The number of para-hydroxylation sites is 1. The highest BCUT2D eigenvalue weighted by Crippen LogP contribution is 2.33. The highest BCUT2D eigenvalue weighted by Gasteiger charge is 2.27. The van der Waals surface area contributed by atoms with Crippen LogP contribution in [-0.4, -0.2) is 54.0 Å². The summed E-state index contributed by atoms with van der Waals surface area (Å²) in [6.45, 7) is 3.47. The molecule has 3 aromatic carbocycles. The van der Waals surface area contributed by atoms with E-state index in [1.54, 1.807) is 80.2 Å². The summed E-state index contributed by atoms with van der Waals surface area (Å²) in [6, 6.07) is 18.1. The van der Waals surface area contributed by atoms with Gasteiger partial charge in [-0.25, -0.2) is 13.9 Å². The Kier molecular flexibility index (Phi) is 10.1. The minimum Gasteiger partial charge on any atom is -0.497 e. The number of carbonyl (C=O) groups excluding carboxylic acids is 2. The van der Waals surface area contributed by atoms with Crippen molar-refractivity contribution >= 4 is 38.6 Å². The zero-order valence-corrected chi connectivity index (χ0v) is 27.9. The molecule has 0 bridgehead atoms. The summed E-state index contributed by atoms with van der Waals surface area (Å²) in [5.74, 6) is -2.12. The topological polar surface area (TPSA) is 174 Å². The van der Waals surface area contributed by atoms with Gasteiger partial charge in [-0.2, -0.15) is 8.42 Å². The van der Waals surface area contributed by atoms with Crippen LogP contribution in [0.25, 0.3) is 16.6 Å². The van der Waals surface area contributed by atoms with E-state index >= 15 is 4.39 Å². The average molecular weight is 692 g/mol. The van der Waals surface area contributed by atoms with E-state index in [0.717, 1.165) is 12.3 Å². The molecule has 3 N–H and O–H groups in total. The third kappa shape index (κ3) is 7.96. The molecule has 256 valence electrons. The van der Waals surface area contributed by atoms with Crippen molar-refractivity contribution in [2.45, 2.75) is 32.9 Å². The standard InChI is InChI=1S/C34H34FN5O8S/c1-20(16-27(36)34(43)48-49(4,44)45)19-39-21(2)31(33(42)40(39)23-8-6-5-7-9-23)32(41)38-22-10-13-30(26(35)17-22)47-29-14-15-37-28-18-24(46-3)11-12-25(28)29/h5-15,17-18,20,27H,16,19,36H2,1-4H3,(H,38,41). The molecule has 0 aliphatic heterocycles. The molecule has 0 aliphatic carbocycles. The van der Waals surface area contributed by atoms with Crippen LogP contribution < -0.4 is 26.1 Å². The van der Waals surface area contributed by atoms with Crippen LogP contribution in [-0.2, 0) is 25.6 Å². The Morgan fingerprint density at radius 1 is 1.04 bits per heavy atom. The maximum absolute atomic E-state index is 15.3. The van der Waals surface area contributed by atoms with Gasteiger partial charge in [0, 0.05) is 35.9 Å². The molecule has 2 unspecified atom stereocenters. The number of benzene rings is 3. The van der Waals surface area contributed by atoms with E-state index in [1.807, 2.05) is 0 Å². The van der Waals surface area contributed by atoms with Gasteiger partial charge >= 0.3 is 16.1 Å². The number of nitrogens with two attached hydrogens (primary N) is 1. The quantitative estimate of drug-likeness (QED) is 0.177. The van der Waals surface area contributed by atoms with Gasteiger partial charge in [-0.3, -0.25) is 19.3 Å². The van der Waals surface area contributed by atoms with Crippen molar-refractivity contribution in [3.63, 3.8) is 0 Å². The maximum atomic E-state index is 15.3. The third-order valence-corrected chi connectivity index (χ3v) is 8.09. The fraction of sp³-hybridized carbons (Fsp3) is 0.235. The first-order valence-corrected chi connectivity index (χ1v) is 16.9. The Labute approximate surface area is 281 Å². The minimum atomic E-state index is -4.04. The number of anilines is 1. The van der Waals surface area contributed by atoms with Gasteiger partial charge in [0.25, 0.3) is 11.5 Å². The Morgan fingerprint density at radius 3 is 2.45 bits per heavy atom. The molecule has 2 atom stereocenters. The molecule has 2 heterocycles. The molecule has 0 radical (unpaired) electrons. The summed E-state index contributed by atoms with van der Waals surface area (Å²) in [6.07, 6.45) is 2.30. The number of rotatable bonds is 12. The molecule has 15 heteroatoms. The highest BCUT2D eigenvalue weighted by molar-refractivity contribution is 7.86. The number of fused-ring (bicyclic) bond motifs is 1. The first-order chi connectivity index (χ1) is 23.3. The van der Waals surface area contributed by atoms with Crippen molar-refractivity contribution in [3.8, 4) is 22.9 Å². The summed E-state index contributed by atoms with van der Waals surface area (Å²) in [4.78, 5) is 43.8. The smallest absolute Gasteiger partial charge is 0.338 e. The minimum absolute atomic E-state index is 0.0215. The number of pyridine rings is 1. The van der Waals surface area contributed by atoms with Gasteiger partial charge in [0.05, 0.1) is 30.3 Å². The summed E-state index contributed by atoms with van der Waals surface area (Å²) < 4.78 is 56.4.